The van der Waals surface area contributed by atoms with Crippen LogP contribution in [0, 0.1) is 0 Å². The van der Waals surface area contributed by atoms with Gasteiger partial charge >= 0.3 is 0 Å². The molecule has 0 atom stereocenters. The molecule has 0 aliphatic rings. The minimum absolute atomic E-state index is 0.165. The van der Waals surface area contributed by atoms with Gasteiger partial charge in [0.25, 0.3) is 0 Å². The van der Waals surface area contributed by atoms with E-state index >= 15 is 0 Å². The van der Waals surface area contributed by atoms with E-state index in [2.05, 4.69) is 11.6 Å². The zero-order valence-corrected chi connectivity index (χ0v) is 8.91. The Hall–Kier alpha value is -0.220. The third-order valence-corrected chi connectivity index (χ3v) is 2.27. The van der Waals surface area contributed by atoms with Crippen molar-refractivity contribution in [2.45, 2.75) is 6.92 Å². The van der Waals surface area contributed by atoms with Crippen molar-refractivity contribution >= 4 is 17.7 Å². The SMILES string of the molecule is CCN(C)C(=O)CNCCSC. The van der Waals surface area contributed by atoms with Gasteiger partial charge in [-0.3, -0.25) is 4.79 Å². The van der Waals surface area contributed by atoms with Crippen molar-refractivity contribution in [1.82, 2.24) is 10.2 Å². The number of rotatable bonds is 6. The second-order valence-electron chi connectivity index (χ2n) is 2.58. The lowest BCUT2D eigenvalue weighted by molar-refractivity contribution is -0.128. The van der Waals surface area contributed by atoms with Crippen molar-refractivity contribution in [1.29, 1.82) is 0 Å². The maximum Gasteiger partial charge on any atom is 0.236 e. The van der Waals surface area contributed by atoms with Crippen LogP contribution in [0.25, 0.3) is 0 Å². The minimum atomic E-state index is 0.165. The molecule has 3 nitrogen and oxygen atoms in total. The van der Waals surface area contributed by atoms with Crippen molar-refractivity contribution in [2.24, 2.45) is 0 Å². The fourth-order valence-corrected chi connectivity index (χ4v) is 1.03. The van der Waals surface area contributed by atoms with Gasteiger partial charge in [-0.2, -0.15) is 11.8 Å². The van der Waals surface area contributed by atoms with Gasteiger partial charge in [-0.25, -0.2) is 0 Å². The van der Waals surface area contributed by atoms with Crippen LogP contribution in [0.2, 0.25) is 0 Å². The molecule has 0 aromatic carbocycles. The van der Waals surface area contributed by atoms with Crippen molar-refractivity contribution < 1.29 is 4.79 Å². The molecule has 0 saturated carbocycles. The van der Waals surface area contributed by atoms with Crippen LogP contribution in [0.3, 0.4) is 0 Å². The van der Waals surface area contributed by atoms with Crippen LogP contribution >= 0.6 is 11.8 Å². The molecule has 0 aromatic rings. The molecule has 4 heteroatoms. The first-order chi connectivity index (χ1) is 5.72. The molecule has 0 aliphatic heterocycles. The molecular formula is C8H18N2OS. The first-order valence-corrected chi connectivity index (χ1v) is 5.55. The summed E-state index contributed by atoms with van der Waals surface area (Å²) in [7, 11) is 1.82. The van der Waals surface area contributed by atoms with E-state index in [4.69, 9.17) is 0 Å². The van der Waals surface area contributed by atoms with Crippen LogP contribution in [0.4, 0.5) is 0 Å². The van der Waals surface area contributed by atoms with E-state index in [0.717, 1.165) is 18.8 Å². The van der Waals surface area contributed by atoms with Gasteiger partial charge in [-0.15, -0.1) is 0 Å². The van der Waals surface area contributed by atoms with Gasteiger partial charge < -0.3 is 10.2 Å². The second kappa shape index (κ2) is 7.43. The van der Waals surface area contributed by atoms with Crippen LogP contribution in [0.5, 0.6) is 0 Å². The summed E-state index contributed by atoms with van der Waals surface area (Å²) in [5.41, 5.74) is 0. The lowest BCUT2D eigenvalue weighted by atomic mass is 10.5. The van der Waals surface area contributed by atoms with E-state index in [1.54, 1.807) is 16.7 Å². The molecule has 1 amide bonds. The summed E-state index contributed by atoms with van der Waals surface area (Å²) >= 11 is 1.78. The molecule has 0 aliphatic carbocycles. The van der Waals surface area contributed by atoms with Gasteiger partial charge in [0.05, 0.1) is 6.54 Å². The minimum Gasteiger partial charge on any atom is -0.345 e. The van der Waals surface area contributed by atoms with Gasteiger partial charge in [0.15, 0.2) is 0 Å². The molecule has 1 N–H and O–H groups in total. The van der Waals surface area contributed by atoms with Crippen molar-refractivity contribution in [3.8, 4) is 0 Å². The Kier molecular flexibility index (Phi) is 7.29. The predicted molar refractivity (Wildman–Crippen MR) is 54.6 cm³/mol. The van der Waals surface area contributed by atoms with E-state index in [-0.39, 0.29) is 5.91 Å². The molecule has 0 unspecified atom stereocenters. The highest BCUT2D eigenvalue weighted by Crippen LogP contribution is 1.87. The summed E-state index contributed by atoms with van der Waals surface area (Å²) in [5.74, 6) is 1.22. The normalized spacial score (nSPS) is 9.92. The number of nitrogens with zero attached hydrogens (tertiary/aromatic N) is 1. The Morgan fingerprint density at radius 3 is 2.75 bits per heavy atom. The van der Waals surface area contributed by atoms with Crippen molar-refractivity contribution in [3.63, 3.8) is 0 Å². The fraction of sp³-hybridized carbons (Fsp3) is 0.875. The monoisotopic (exact) mass is 190 g/mol. The Bertz CT molecular complexity index is 130. The summed E-state index contributed by atoms with van der Waals surface area (Å²) in [6.45, 7) is 4.12. The topological polar surface area (TPSA) is 32.3 Å². The van der Waals surface area contributed by atoms with Crippen molar-refractivity contribution in [2.75, 3.05) is 38.7 Å². The highest BCUT2D eigenvalue weighted by Gasteiger charge is 2.03. The number of carbonyl (C=O) groups is 1. The molecule has 0 saturated heterocycles. The number of hydrogen-bond donors (Lipinski definition) is 1. The summed E-state index contributed by atoms with van der Waals surface area (Å²) in [4.78, 5) is 12.9. The van der Waals surface area contributed by atoms with Gasteiger partial charge in [-0.1, -0.05) is 0 Å². The number of carbonyl (C=O) groups excluding carboxylic acids is 1. The molecular weight excluding hydrogens is 172 g/mol. The molecule has 0 radical (unpaired) electrons. The van der Waals surface area contributed by atoms with E-state index in [9.17, 15) is 4.79 Å². The maximum absolute atomic E-state index is 11.2. The largest absolute Gasteiger partial charge is 0.345 e. The highest BCUT2D eigenvalue weighted by atomic mass is 32.2. The Balaban J connectivity index is 3.31. The Labute approximate surface area is 78.9 Å². The zero-order chi connectivity index (χ0) is 9.40. The van der Waals surface area contributed by atoms with Gasteiger partial charge in [0, 0.05) is 25.9 Å². The molecule has 0 rings (SSSR count). The molecule has 0 heterocycles. The lowest BCUT2D eigenvalue weighted by Gasteiger charge is -2.14. The molecule has 0 spiro atoms. The maximum atomic E-state index is 11.2. The van der Waals surface area contributed by atoms with Gasteiger partial charge in [0.1, 0.15) is 0 Å². The first-order valence-electron chi connectivity index (χ1n) is 4.16. The number of hydrogen-bond acceptors (Lipinski definition) is 3. The summed E-state index contributed by atoms with van der Waals surface area (Å²) < 4.78 is 0. The lowest BCUT2D eigenvalue weighted by Crippen LogP contribution is -2.36. The predicted octanol–water partition coefficient (Wildman–Crippen LogP) is 0.417. The van der Waals surface area contributed by atoms with E-state index in [1.165, 1.54) is 0 Å². The number of likely N-dealkylation sites (N-methyl/N-ethyl adjacent to an activating group) is 1. The molecule has 72 valence electrons. The quantitative estimate of drug-likeness (QED) is 0.616. The van der Waals surface area contributed by atoms with Crippen molar-refractivity contribution in [3.05, 3.63) is 0 Å². The van der Waals surface area contributed by atoms with E-state index in [1.807, 2.05) is 14.0 Å². The third kappa shape index (κ3) is 5.43. The first kappa shape index (κ1) is 11.8. The Morgan fingerprint density at radius 1 is 1.58 bits per heavy atom. The zero-order valence-electron chi connectivity index (χ0n) is 8.09. The average Bonchev–Trinajstić information content (AvgIpc) is 2.10. The van der Waals surface area contributed by atoms with E-state index < -0.39 is 0 Å². The van der Waals surface area contributed by atoms with Crippen LogP contribution in [-0.2, 0) is 4.79 Å². The number of thioether (sulfide) groups is 1. The Morgan fingerprint density at radius 2 is 2.25 bits per heavy atom. The molecule has 12 heavy (non-hydrogen) atoms. The number of nitrogens with one attached hydrogen (secondary N) is 1. The van der Waals surface area contributed by atoms with Crippen LogP contribution < -0.4 is 5.32 Å². The summed E-state index contributed by atoms with van der Waals surface area (Å²) in [6.07, 6.45) is 2.06. The number of amides is 1. The molecule has 0 aromatic heterocycles. The highest BCUT2D eigenvalue weighted by molar-refractivity contribution is 7.98. The summed E-state index contributed by atoms with van der Waals surface area (Å²) in [5, 5.41) is 3.09. The van der Waals surface area contributed by atoms with Crippen LogP contribution in [0.1, 0.15) is 6.92 Å². The third-order valence-electron chi connectivity index (χ3n) is 1.66. The molecule has 0 bridgehead atoms. The molecule has 0 fully saturated rings. The average molecular weight is 190 g/mol. The summed E-state index contributed by atoms with van der Waals surface area (Å²) in [6, 6.07) is 0. The second-order valence-corrected chi connectivity index (χ2v) is 3.56. The van der Waals surface area contributed by atoms with E-state index in [0.29, 0.717) is 6.54 Å². The van der Waals surface area contributed by atoms with Crippen LogP contribution in [-0.4, -0.2) is 49.5 Å². The fourth-order valence-electron chi connectivity index (χ4n) is 0.681. The standard InChI is InChI=1S/C8H18N2OS/c1-4-10(2)8(11)7-9-5-6-12-3/h9H,4-7H2,1-3H3. The van der Waals surface area contributed by atoms with Gasteiger partial charge in [0.2, 0.25) is 5.91 Å². The smallest absolute Gasteiger partial charge is 0.236 e. The van der Waals surface area contributed by atoms with Crippen LogP contribution in [0.15, 0.2) is 0 Å². The van der Waals surface area contributed by atoms with Gasteiger partial charge in [-0.05, 0) is 13.2 Å².